The highest BCUT2D eigenvalue weighted by Gasteiger charge is 2.57. The van der Waals surface area contributed by atoms with Crippen molar-refractivity contribution in [2.75, 3.05) is 16.8 Å². The predicted octanol–water partition coefficient (Wildman–Crippen LogP) is 7.08. The van der Waals surface area contributed by atoms with Gasteiger partial charge in [0.25, 0.3) is 5.91 Å². The number of benzene rings is 4. The Morgan fingerprint density at radius 2 is 1.70 bits per heavy atom. The number of thiazole rings is 1. The van der Waals surface area contributed by atoms with E-state index in [0.717, 1.165) is 46.0 Å². The number of halogens is 4. The van der Waals surface area contributed by atoms with Crippen molar-refractivity contribution in [2.24, 2.45) is 5.92 Å². The number of anilines is 2. The minimum Gasteiger partial charge on any atom is -0.483 e. The summed E-state index contributed by atoms with van der Waals surface area (Å²) in [7, 11) is 0. The van der Waals surface area contributed by atoms with E-state index in [-0.39, 0.29) is 10.8 Å². The first-order chi connectivity index (χ1) is 22.5. The summed E-state index contributed by atoms with van der Waals surface area (Å²) in [6.45, 7) is -0.443. The second-order valence-corrected chi connectivity index (χ2v) is 13.4. The highest BCUT2D eigenvalue weighted by Crippen LogP contribution is 2.55. The van der Waals surface area contributed by atoms with Crippen LogP contribution in [0.15, 0.2) is 94.7 Å². The largest absolute Gasteiger partial charge is 0.483 e. The predicted molar refractivity (Wildman–Crippen MR) is 173 cm³/mol. The Hall–Kier alpha value is -4.59. The zero-order chi connectivity index (χ0) is 33.0. The zero-order valence-electron chi connectivity index (χ0n) is 23.8. The van der Waals surface area contributed by atoms with Gasteiger partial charge in [0.1, 0.15) is 11.0 Å². The van der Waals surface area contributed by atoms with Crippen molar-refractivity contribution in [3.05, 3.63) is 116 Å². The summed E-state index contributed by atoms with van der Waals surface area (Å²) in [4.78, 5) is 56.7. The number of hydrogen-bond acceptors (Lipinski definition) is 7. The van der Waals surface area contributed by atoms with Crippen LogP contribution in [-0.4, -0.2) is 34.6 Å². The van der Waals surface area contributed by atoms with Gasteiger partial charge in [0.15, 0.2) is 6.61 Å². The first-order valence-corrected chi connectivity index (χ1v) is 16.2. The molecule has 3 amide bonds. The fourth-order valence-corrected chi connectivity index (χ4v) is 8.74. The molecule has 5 aromatic rings. The van der Waals surface area contributed by atoms with E-state index in [4.69, 9.17) is 16.3 Å². The first-order valence-electron chi connectivity index (χ1n) is 14.1. The van der Waals surface area contributed by atoms with Gasteiger partial charge >= 0.3 is 11.0 Å². The number of nitrogens with one attached hydrogen (secondary N) is 2. The molecule has 14 heteroatoms. The Kier molecular flexibility index (Phi) is 7.85. The Morgan fingerprint density at radius 1 is 0.957 bits per heavy atom. The number of amides is 3. The number of ether oxygens (including phenoxy) is 1. The van der Waals surface area contributed by atoms with Gasteiger partial charge in [-0.3, -0.25) is 19.2 Å². The molecule has 1 saturated heterocycles. The van der Waals surface area contributed by atoms with E-state index in [1.165, 1.54) is 30.3 Å². The molecule has 2 aliphatic heterocycles. The van der Waals surface area contributed by atoms with Crippen molar-refractivity contribution in [1.29, 1.82) is 0 Å². The summed E-state index contributed by atoms with van der Waals surface area (Å²) < 4.78 is 47.9. The lowest BCUT2D eigenvalue weighted by Gasteiger charge is -2.31. The van der Waals surface area contributed by atoms with E-state index in [1.807, 2.05) is 36.4 Å². The third kappa shape index (κ3) is 5.57. The number of H-pyrrole nitrogens is 1. The minimum absolute atomic E-state index is 0.152. The number of nitrogens with zero attached hydrogens (tertiary/aromatic N) is 1. The Labute approximate surface area is 277 Å². The van der Waals surface area contributed by atoms with E-state index in [1.54, 1.807) is 6.07 Å². The van der Waals surface area contributed by atoms with Crippen molar-refractivity contribution in [3.8, 4) is 5.75 Å². The second kappa shape index (κ2) is 11.9. The molecule has 0 radical (unpaired) electrons. The number of para-hydroxylation sites is 1. The third-order valence-electron chi connectivity index (χ3n) is 8.00. The molecule has 2 aliphatic rings. The van der Waals surface area contributed by atoms with Crippen LogP contribution in [0.4, 0.5) is 24.5 Å². The second-order valence-electron chi connectivity index (χ2n) is 10.8. The molecule has 0 spiro atoms. The van der Waals surface area contributed by atoms with E-state index in [2.05, 4.69) is 10.3 Å². The van der Waals surface area contributed by atoms with E-state index in [0.29, 0.717) is 26.1 Å². The topological polar surface area (TPSA) is 109 Å². The van der Waals surface area contributed by atoms with Gasteiger partial charge in [-0.25, -0.2) is 4.90 Å². The van der Waals surface area contributed by atoms with Gasteiger partial charge in [-0.2, -0.15) is 13.2 Å². The zero-order valence-corrected chi connectivity index (χ0v) is 26.2. The van der Waals surface area contributed by atoms with Crippen LogP contribution in [0.5, 0.6) is 5.75 Å². The van der Waals surface area contributed by atoms with Crippen LogP contribution in [0.3, 0.4) is 0 Å². The van der Waals surface area contributed by atoms with E-state index < -0.39 is 63.7 Å². The summed E-state index contributed by atoms with van der Waals surface area (Å²) in [6.07, 6.45) is -4.83. The molecule has 3 heterocycles. The number of thioether (sulfide) groups is 1. The van der Waals surface area contributed by atoms with Crippen LogP contribution in [0.25, 0.3) is 10.8 Å². The highest BCUT2D eigenvalue weighted by atomic mass is 35.5. The van der Waals surface area contributed by atoms with Crippen molar-refractivity contribution in [2.45, 2.75) is 22.4 Å². The van der Waals surface area contributed by atoms with Crippen molar-refractivity contribution < 1.29 is 32.3 Å². The lowest BCUT2D eigenvalue weighted by atomic mass is 9.82. The molecule has 1 aromatic heterocycles. The number of alkyl halides is 3. The number of imide groups is 1. The van der Waals surface area contributed by atoms with Crippen LogP contribution in [0.1, 0.15) is 21.9 Å². The summed E-state index contributed by atoms with van der Waals surface area (Å²) in [5.41, 5.74) is -0.826. The van der Waals surface area contributed by atoms with Gasteiger partial charge in [-0.15, -0.1) is 0 Å². The number of rotatable bonds is 6. The number of aromatic amines is 1. The monoisotopic (exact) mass is 695 g/mol. The normalized spacial score (nSPS) is 19.1. The summed E-state index contributed by atoms with van der Waals surface area (Å²) in [6, 6.07) is 21.9. The molecular weight excluding hydrogens is 675 g/mol. The Morgan fingerprint density at radius 3 is 2.51 bits per heavy atom. The number of carbonyl (C=O) groups is 3. The Bertz CT molecular complexity index is 2140. The molecule has 0 bridgehead atoms. The first kappa shape index (κ1) is 31.0. The quantitative estimate of drug-likeness (QED) is 0.184. The fourth-order valence-electron chi connectivity index (χ4n) is 6.06. The van der Waals surface area contributed by atoms with E-state index in [9.17, 15) is 32.3 Å². The minimum atomic E-state index is -4.83. The molecule has 0 unspecified atom stereocenters. The standard InChI is InChI=1S/C33H21ClF3N3O5S2/c34-17-12-13-23(45-15-24(41)38-21-10-5-7-16-6-1-2-8-18(16)21)19(14-17)25-26-28(46-29-27(25)47-32(44)39-29)31(43)40(30(26)42)22-11-4-3-9-20(22)33(35,36)37/h1-14,25-26,28H,15H2,(H,38,41)(H,39,44)/t25-,26-,28+/m0/s1. The summed E-state index contributed by atoms with van der Waals surface area (Å²) in [5, 5.41) is 4.00. The third-order valence-corrected chi connectivity index (χ3v) is 10.6. The fraction of sp³-hybridized carbons (Fsp3) is 0.152. The average molecular weight is 696 g/mol. The molecule has 8 nitrogen and oxygen atoms in total. The van der Waals surface area contributed by atoms with Crippen molar-refractivity contribution in [1.82, 2.24) is 4.98 Å². The molecule has 7 rings (SSSR count). The number of fused-ring (bicyclic) bond motifs is 3. The maximum atomic E-state index is 14.1. The smallest absolute Gasteiger partial charge is 0.418 e. The summed E-state index contributed by atoms with van der Waals surface area (Å²) >= 11 is 8.15. The number of aromatic nitrogens is 1. The molecule has 2 N–H and O–H groups in total. The molecular formula is C33H21ClF3N3O5S2. The van der Waals surface area contributed by atoms with Gasteiger partial charge in [0.2, 0.25) is 11.8 Å². The molecule has 3 atom stereocenters. The van der Waals surface area contributed by atoms with Crippen LogP contribution in [0.2, 0.25) is 5.02 Å². The van der Waals surface area contributed by atoms with E-state index >= 15 is 0 Å². The Balaban J connectivity index is 1.25. The van der Waals surface area contributed by atoms with Crippen molar-refractivity contribution in [3.63, 3.8) is 0 Å². The number of carbonyl (C=O) groups excluding carboxylic acids is 3. The maximum absolute atomic E-state index is 14.1. The molecule has 238 valence electrons. The van der Waals surface area contributed by atoms with Crippen LogP contribution < -0.4 is 19.8 Å². The average Bonchev–Trinajstić information content (AvgIpc) is 3.54. The van der Waals surface area contributed by atoms with Crippen LogP contribution in [-0.2, 0) is 20.6 Å². The van der Waals surface area contributed by atoms with Gasteiger partial charge in [-0.05, 0) is 41.8 Å². The highest BCUT2D eigenvalue weighted by molar-refractivity contribution is 8.00. The lowest BCUT2D eigenvalue weighted by Crippen LogP contribution is -2.33. The van der Waals surface area contributed by atoms with Crippen molar-refractivity contribution >= 4 is 74.6 Å². The maximum Gasteiger partial charge on any atom is 0.418 e. The summed E-state index contributed by atoms with van der Waals surface area (Å²) in [5.74, 6) is -4.25. The molecule has 0 saturated carbocycles. The van der Waals surface area contributed by atoms with Crippen LogP contribution >= 0.6 is 34.7 Å². The number of hydrogen-bond donors (Lipinski definition) is 2. The molecule has 0 aliphatic carbocycles. The van der Waals surface area contributed by atoms with Gasteiger partial charge in [-0.1, -0.05) is 83.2 Å². The molecule has 47 heavy (non-hydrogen) atoms. The van der Waals surface area contributed by atoms with Crippen LogP contribution in [0, 0.1) is 5.92 Å². The molecule has 4 aromatic carbocycles. The van der Waals surface area contributed by atoms with Gasteiger partial charge in [0.05, 0.1) is 22.2 Å². The molecule has 1 fully saturated rings. The SMILES string of the molecule is O=C(COc1ccc(Cl)cc1[C@@H]1c2sc(=O)[nH]c2S[C@H]2C(=O)N(c3ccccc3C(F)(F)F)C(=O)[C@@H]12)Nc1cccc2ccccc12. The van der Waals surface area contributed by atoms with Gasteiger partial charge in [0, 0.05) is 32.5 Å². The lowest BCUT2D eigenvalue weighted by molar-refractivity contribution is -0.137. The van der Waals surface area contributed by atoms with Gasteiger partial charge < -0.3 is 15.0 Å².